The molecule has 27 heavy (non-hydrogen) atoms. The predicted octanol–water partition coefficient (Wildman–Crippen LogP) is 1.51. The quantitative estimate of drug-likeness (QED) is 0.352. The zero-order valence-corrected chi connectivity index (χ0v) is 16.0. The SMILES string of the molecule is CCCCCCCCCC(=O)N[C@H](CO)C(=O)NC1=CC2(CO2)C(=O)C=C1. The number of ether oxygens (including phenoxy) is 1. The van der Waals surface area contributed by atoms with Gasteiger partial charge in [0.05, 0.1) is 13.2 Å². The lowest BCUT2D eigenvalue weighted by Gasteiger charge is -2.18. The molecule has 3 N–H and O–H groups in total. The zero-order valence-electron chi connectivity index (χ0n) is 16.0. The van der Waals surface area contributed by atoms with Gasteiger partial charge in [-0.3, -0.25) is 14.4 Å². The van der Waals surface area contributed by atoms with Crippen LogP contribution in [0.2, 0.25) is 0 Å². The number of amides is 2. The smallest absolute Gasteiger partial charge is 0.249 e. The molecular weight excluding hydrogens is 348 g/mol. The fraction of sp³-hybridized carbons (Fsp3) is 0.650. The van der Waals surface area contributed by atoms with Gasteiger partial charge in [0.25, 0.3) is 0 Å². The van der Waals surface area contributed by atoms with Gasteiger partial charge in [0.1, 0.15) is 6.04 Å². The average molecular weight is 378 g/mol. The molecule has 0 aromatic heterocycles. The summed E-state index contributed by atoms with van der Waals surface area (Å²) in [7, 11) is 0. The highest BCUT2D eigenvalue weighted by Gasteiger charge is 2.50. The molecule has 1 aliphatic carbocycles. The molecule has 1 unspecified atom stereocenters. The molecule has 1 aliphatic heterocycles. The first kappa shape index (κ1) is 21.3. The normalized spacial score (nSPS) is 21.7. The van der Waals surface area contributed by atoms with E-state index in [4.69, 9.17) is 4.74 Å². The molecule has 2 aliphatic rings. The van der Waals surface area contributed by atoms with Crippen molar-refractivity contribution in [1.82, 2.24) is 10.6 Å². The maximum atomic E-state index is 12.3. The van der Waals surface area contributed by atoms with Gasteiger partial charge in [0.2, 0.25) is 11.8 Å². The minimum Gasteiger partial charge on any atom is -0.394 e. The van der Waals surface area contributed by atoms with Gasteiger partial charge in [-0.1, -0.05) is 45.4 Å². The van der Waals surface area contributed by atoms with Crippen LogP contribution in [0.25, 0.3) is 0 Å². The molecule has 2 rings (SSSR count). The Morgan fingerprint density at radius 2 is 1.85 bits per heavy atom. The predicted molar refractivity (Wildman–Crippen MR) is 101 cm³/mol. The first-order valence-corrected chi connectivity index (χ1v) is 9.81. The van der Waals surface area contributed by atoms with Crippen LogP contribution in [0.5, 0.6) is 0 Å². The standard InChI is InChI=1S/C20H30N2O5/c1-2-3-4-5-6-7-8-9-18(25)22-16(13-23)19(26)21-15-10-11-17(24)20(12-15)14-27-20/h10-12,16,23H,2-9,13-14H2,1H3,(H,21,26)(H,22,25)/t16-,20?/m1/s1. The second kappa shape index (κ2) is 10.4. The van der Waals surface area contributed by atoms with E-state index in [0.29, 0.717) is 18.7 Å². The van der Waals surface area contributed by atoms with Crippen molar-refractivity contribution in [2.24, 2.45) is 0 Å². The number of carbonyl (C=O) groups excluding carboxylic acids is 3. The highest BCUT2D eigenvalue weighted by atomic mass is 16.6. The van der Waals surface area contributed by atoms with Gasteiger partial charge >= 0.3 is 0 Å². The minimum atomic E-state index is -1.02. The summed E-state index contributed by atoms with van der Waals surface area (Å²) in [5.41, 5.74) is -0.510. The van der Waals surface area contributed by atoms with Crippen molar-refractivity contribution in [3.8, 4) is 0 Å². The molecule has 2 amide bonds. The van der Waals surface area contributed by atoms with Gasteiger partial charge in [-0.15, -0.1) is 0 Å². The average Bonchev–Trinajstić information content (AvgIpc) is 3.42. The number of aliphatic hydroxyl groups excluding tert-OH is 1. The Hall–Kier alpha value is -1.99. The van der Waals surface area contributed by atoms with Gasteiger partial charge in [0.15, 0.2) is 11.4 Å². The van der Waals surface area contributed by atoms with Crippen LogP contribution in [0, 0.1) is 0 Å². The Labute approximate surface area is 160 Å². The number of ketones is 1. The fourth-order valence-electron chi connectivity index (χ4n) is 2.99. The number of unbranched alkanes of at least 4 members (excludes halogenated alkanes) is 6. The number of nitrogens with one attached hydrogen (secondary N) is 2. The van der Waals surface area contributed by atoms with Gasteiger partial charge in [-0.25, -0.2) is 0 Å². The first-order valence-electron chi connectivity index (χ1n) is 9.81. The van der Waals surface area contributed by atoms with Crippen LogP contribution in [0.1, 0.15) is 58.3 Å². The monoisotopic (exact) mass is 378 g/mol. The van der Waals surface area contributed by atoms with E-state index >= 15 is 0 Å². The molecule has 7 nitrogen and oxygen atoms in total. The number of allylic oxidation sites excluding steroid dienone is 1. The minimum absolute atomic E-state index is 0.151. The first-order chi connectivity index (χ1) is 13.0. The van der Waals surface area contributed by atoms with Gasteiger partial charge < -0.3 is 20.5 Å². The number of aliphatic hydroxyl groups is 1. The third-order valence-electron chi connectivity index (χ3n) is 4.78. The van der Waals surface area contributed by atoms with E-state index in [2.05, 4.69) is 17.6 Å². The second-order valence-corrected chi connectivity index (χ2v) is 7.14. The summed E-state index contributed by atoms with van der Waals surface area (Å²) in [5, 5.41) is 14.6. The molecule has 1 spiro atoms. The van der Waals surface area contributed by atoms with Crippen LogP contribution < -0.4 is 10.6 Å². The summed E-state index contributed by atoms with van der Waals surface area (Å²) in [6, 6.07) is -1.02. The number of epoxide rings is 1. The Kier molecular flexibility index (Phi) is 8.19. The molecule has 0 bridgehead atoms. The Balaban J connectivity index is 1.69. The van der Waals surface area contributed by atoms with Crippen molar-refractivity contribution in [3.05, 3.63) is 23.9 Å². The van der Waals surface area contributed by atoms with E-state index in [1.807, 2.05) is 0 Å². The molecule has 1 fully saturated rings. The number of carbonyl (C=O) groups is 3. The lowest BCUT2D eigenvalue weighted by atomic mass is 9.98. The van der Waals surface area contributed by atoms with Crippen LogP contribution in [-0.2, 0) is 19.1 Å². The van der Waals surface area contributed by atoms with Crippen molar-refractivity contribution < 1.29 is 24.2 Å². The van der Waals surface area contributed by atoms with E-state index < -0.39 is 24.2 Å². The molecule has 0 saturated carbocycles. The molecule has 1 saturated heterocycles. The van der Waals surface area contributed by atoms with E-state index in [1.165, 1.54) is 37.8 Å². The topological polar surface area (TPSA) is 108 Å². The lowest BCUT2D eigenvalue weighted by Crippen LogP contribution is -2.48. The van der Waals surface area contributed by atoms with Crippen LogP contribution in [0.15, 0.2) is 23.9 Å². The molecule has 0 aromatic rings. The Morgan fingerprint density at radius 1 is 1.19 bits per heavy atom. The number of hydrogen-bond acceptors (Lipinski definition) is 5. The van der Waals surface area contributed by atoms with E-state index in [9.17, 15) is 19.5 Å². The van der Waals surface area contributed by atoms with Gasteiger partial charge in [-0.2, -0.15) is 0 Å². The van der Waals surface area contributed by atoms with Crippen LogP contribution in [0.3, 0.4) is 0 Å². The fourth-order valence-corrected chi connectivity index (χ4v) is 2.99. The highest BCUT2D eigenvalue weighted by molar-refractivity contribution is 6.03. The number of rotatable bonds is 12. The summed E-state index contributed by atoms with van der Waals surface area (Å²) in [6.07, 6.45) is 12.5. The summed E-state index contributed by atoms with van der Waals surface area (Å²) in [5.74, 6) is -0.920. The second-order valence-electron chi connectivity index (χ2n) is 7.14. The Morgan fingerprint density at radius 3 is 2.48 bits per heavy atom. The van der Waals surface area contributed by atoms with Crippen LogP contribution in [-0.4, -0.2) is 47.6 Å². The van der Waals surface area contributed by atoms with Crippen LogP contribution in [0.4, 0.5) is 0 Å². The molecule has 7 heteroatoms. The molecule has 1 heterocycles. The van der Waals surface area contributed by atoms with Crippen molar-refractivity contribution >= 4 is 17.6 Å². The van der Waals surface area contributed by atoms with Crippen molar-refractivity contribution in [3.63, 3.8) is 0 Å². The third kappa shape index (κ3) is 6.59. The Bertz CT molecular complexity index is 607. The maximum Gasteiger partial charge on any atom is 0.249 e. The van der Waals surface area contributed by atoms with Crippen molar-refractivity contribution in [2.45, 2.75) is 69.9 Å². The van der Waals surface area contributed by atoms with Crippen molar-refractivity contribution in [1.29, 1.82) is 0 Å². The summed E-state index contributed by atoms with van der Waals surface area (Å²) < 4.78 is 5.15. The van der Waals surface area contributed by atoms with Crippen LogP contribution >= 0.6 is 0 Å². The summed E-state index contributed by atoms with van der Waals surface area (Å²) >= 11 is 0. The third-order valence-corrected chi connectivity index (χ3v) is 4.78. The molecular formula is C20H30N2O5. The zero-order chi connectivity index (χ0) is 19.7. The van der Waals surface area contributed by atoms with E-state index in [-0.39, 0.29) is 11.7 Å². The van der Waals surface area contributed by atoms with E-state index in [0.717, 1.165) is 19.3 Å². The summed E-state index contributed by atoms with van der Waals surface area (Å²) in [6.45, 7) is 1.98. The maximum absolute atomic E-state index is 12.3. The van der Waals surface area contributed by atoms with E-state index in [1.54, 1.807) is 6.08 Å². The van der Waals surface area contributed by atoms with Gasteiger partial charge in [0, 0.05) is 12.1 Å². The molecule has 0 radical (unpaired) electrons. The summed E-state index contributed by atoms with van der Waals surface area (Å²) in [4.78, 5) is 36.0. The molecule has 2 atom stereocenters. The molecule has 150 valence electrons. The number of hydrogen-bond donors (Lipinski definition) is 3. The molecule has 0 aromatic carbocycles. The largest absolute Gasteiger partial charge is 0.394 e. The highest BCUT2D eigenvalue weighted by Crippen LogP contribution is 2.33. The van der Waals surface area contributed by atoms with Gasteiger partial charge in [-0.05, 0) is 24.6 Å². The van der Waals surface area contributed by atoms with Crippen molar-refractivity contribution in [2.75, 3.05) is 13.2 Å². The lowest BCUT2D eigenvalue weighted by molar-refractivity contribution is -0.129.